The molecule has 3 N–H and O–H groups in total. The number of aliphatic hydroxyl groups excluding tert-OH is 1. The summed E-state index contributed by atoms with van der Waals surface area (Å²) in [6, 6.07) is 16.2. The first-order chi connectivity index (χ1) is 12.2. The van der Waals surface area contributed by atoms with Crippen molar-refractivity contribution >= 4 is 17.5 Å². The molecule has 1 unspecified atom stereocenters. The minimum absolute atomic E-state index is 0.00796. The van der Waals surface area contributed by atoms with E-state index in [2.05, 4.69) is 10.6 Å². The van der Waals surface area contributed by atoms with Crippen molar-refractivity contribution in [1.29, 1.82) is 0 Å². The van der Waals surface area contributed by atoms with E-state index in [1.165, 1.54) is 0 Å². The number of carbonyl (C=O) groups excluding carboxylic acids is 2. The maximum Gasteiger partial charge on any atom is 0.251 e. The van der Waals surface area contributed by atoms with Crippen LogP contribution < -0.4 is 10.6 Å². The molecule has 0 spiro atoms. The second kappa shape index (κ2) is 7.94. The zero-order valence-corrected chi connectivity index (χ0v) is 13.9. The van der Waals surface area contributed by atoms with Crippen LogP contribution in [-0.4, -0.2) is 23.5 Å². The second-order valence-electron chi connectivity index (χ2n) is 6.29. The van der Waals surface area contributed by atoms with E-state index in [1.807, 2.05) is 30.3 Å². The van der Waals surface area contributed by atoms with E-state index in [1.54, 1.807) is 24.3 Å². The van der Waals surface area contributed by atoms with Gasteiger partial charge in [0, 0.05) is 23.8 Å². The summed E-state index contributed by atoms with van der Waals surface area (Å²) in [5, 5.41) is 15.1. The largest absolute Gasteiger partial charge is 0.396 e. The standard InChI is InChI=1S/C20H22N2O3/c23-13-12-18(14-4-2-1-3-5-14)22-20(25)16-8-10-17(11-9-16)21-19(24)15-6-7-15/h1-5,8-11,15,18,23H,6-7,12-13H2,(H,21,24)(H,22,25). The second-order valence-corrected chi connectivity index (χ2v) is 6.29. The molecule has 0 radical (unpaired) electrons. The third-order valence-corrected chi connectivity index (χ3v) is 4.29. The van der Waals surface area contributed by atoms with Crippen LogP contribution in [0.5, 0.6) is 0 Å². The van der Waals surface area contributed by atoms with E-state index >= 15 is 0 Å². The first kappa shape index (κ1) is 17.2. The number of hydrogen-bond donors (Lipinski definition) is 3. The SMILES string of the molecule is O=C(NC(CCO)c1ccccc1)c1ccc(NC(=O)C2CC2)cc1. The zero-order chi connectivity index (χ0) is 17.6. The molecule has 2 aromatic rings. The van der Waals surface area contributed by atoms with Gasteiger partial charge in [0.2, 0.25) is 5.91 Å². The molecular formula is C20H22N2O3. The highest BCUT2D eigenvalue weighted by molar-refractivity contribution is 5.97. The monoisotopic (exact) mass is 338 g/mol. The van der Waals surface area contributed by atoms with Crippen LogP contribution in [-0.2, 0) is 4.79 Å². The van der Waals surface area contributed by atoms with Crippen molar-refractivity contribution < 1.29 is 14.7 Å². The van der Waals surface area contributed by atoms with Crippen molar-refractivity contribution in [1.82, 2.24) is 5.32 Å². The van der Waals surface area contributed by atoms with E-state index < -0.39 is 0 Å². The molecule has 25 heavy (non-hydrogen) atoms. The lowest BCUT2D eigenvalue weighted by Crippen LogP contribution is -2.29. The molecule has 2 amide bonds. The van der Waals surface area contributed by atoms with Gasteiger partial charge in [0.1, 0.15) is 0 Å². The molecule has 130 valence electrons. The van der Waals surface area contributed by atoms with Gasteiger partial charge in [-0.1, -0.05) is 30.3 Å². The Balaban J connectivity index is 1.64. The Morgan fingerprint density at radius 2 is 1.72 bits per heavy atom. The number of rotatable bonds is 7. The average molecular weight is 338 g/mol. The summed E-state index contributed by atoms with van der Waals surface area (Å²) in [4.78, 5) is 24.2. The molecule has 5 heteroatoms. The smallest absolute Gasteiger partial charge is 0.251 e. The molecule has 2 aromatic carbocycles. The fourth-order valence-electron chi connectivity index (χ4n) is 2.67. The lowest BCUT2D eigenvalue weighted by molar-refractivity contribution is -0.117. The molecule has 1 atom stereocenters. The highest BCUT2D eigenvalue weighted by Gasteiger charge is 2.29. The van der Waals surface area contributed by atoms with Gasteiger partial charge in [0.05, 0.1) is 6.04 Å². The van der Waals surface area contributed by atoms with E-state index in [-0.39, 0.29) is 30.4 Å². The molecule has 5 nitrogen and oxygen atoms in total. The maximum absolute atomic E-state index is 12.5. The highest BCUT2D eigenvalue weighted by Crippen LogP contribution is 2.30. The van der Waals surface area contributed by atoms with Crippen LogP contribution in [0.25, 0.3) is 0 Å². The van der Waals surface area contributed by atoms with Crippen molar-refractivity contribution in [3.8, 4) is 0 Å². The summed E-state index contributed by atoms with van der Waals surface area (Å²) >= 11 is 0. The predicted octanol–water partition coefficient (Wildman–Crippen LogP) is 2.89. The van der Waals surface area contributed by atoms with E-state index in [9.17, 15) is 14.7 Å². The minimum Gasteiger partial charge on any atom is -0.396 e. The van der Waals surface area contributed by atoms with E-state index in [0.717, 1.165) is 18.4 Å². The van der Waals surface area contributed by atoms with Crippen LogP contribution in [0.2, 0.25) is 0 Å². The molecule has 0 saturated heterocycles. The summed E-state index contributed by atoms with van der Waals surface area (Å²) in [6.45, 7) is -0.00796. The fraction of sp³-hybridized carbons (Fsp3) is 0.300. The molecule has 1 aliphatic carbocycles. The van der Waals surface area contributed by atoms with Crippen LogP contribution in [0, 0.1) is 5.92 Å². The number of hydrogen-bond acceptors (Lipinski definition) is 3. The molecule has 1 aliphatic rings. The lowest BCUT2D eigenvalue weighted by Gasteiger charge is -2.18. The van der Waals surface area contributed by atoms with Gasteiger partial charge in [0.25, 0.3) is 5.91 Å². The average Bonchev–Trinajstić information content (AvgIpc) is 3.48. The Bertz CT molecular complexity index is 724. The summed E-state index contributed by atoms with van der Waals surface area (Å²) in [7, 11) is 0. The van der Waals surface area contributed by atoms with Crippen LogP contribution in [0.3, 0.4) is 0 Å². The highest BCUT2D eigenvalue weighted by atomic mass is 16.3. The number of benzene rings is 2. The van der Waals surface area contributed by atoms with Crippen molar-refractivity contribution in [2.75, 3.05) is 11.9 Å². The van der Waals surface area contributed by atoms with Crippen molar-refractivity contribution in [3.63, 3.8) is 0 Å². The van der Waals surface area contributed by atoms with Crippen LogP contribution >= 0.6 is 0 Å². The summed E-state index contributed by atoms with van der Waals surface area (Å²) < 4.78 is 0. The van der Waals surface area contributed by atoms with Crippen LogP contribution in [0.1, 0.15) is 41.2 Å². The normalized spacial score (nSPS) is 14.6. The molecule has 3 rings (SSSR count). The molecule has 0 aromatic heterocycles. The first-order valence-corrected chi connectivity index (χ1v) is 8.55. The fourth-order valence-corrected chi connectivity index (χ4v) is 2.67. The first-order valence-electron chi connectivity index (χ1n) is 8.55. The van der Waals surface area contributed by atoms with Crippen LogP contribution in [0.4, 0.5) is 5.69 Å². The van der Waals surface area contributed by atoms with Gasteiger partial charge < -0.3 is 15.7 Å². The van der Waals surface area contributed by atoms with Crippen molar-refractivity contribution in [2.24, 2.45) is 5.92 Å². The molecule has 0 aliphatic heterocycles. The van der Waals surface area contributed by atoms with Gasteiger partial charge in [-0.05, 0) is 49.1 Å². The topological polar surface area (TPSA) is 78.4 Å². The Labute approximate surface area is 147 Å². The minimum atomic E-state index is -0.243. The Morgan fingerprint density at radius 3 is 2.32 bits per heavy atom. The van der Waals surface area contributed by atoms with E-state index in [0.29, 0.717) is 17.7 Å². The van der Waals surface area contributed by atoms with Crippen molar-refractivity contribution in [2.45, 2.75) is 25.3 Å². The molecule has 1 fully saturated rings. The van der Waals surface area contributed by atoms with E-state index in [4.69, 9.17) is 0 Å². The third kappa shape index (κ3) is 4.67. The van der Waals surface area contributed by atoms with Gasteiger partial charge in [-0.15, -0.1) is 0 Å². The maximum atomic E-state index is 12.5. The summed E-state index contributed by atoms with van der Waals surface area (Å²) in [5.41, 5.74) is 2.17. The molecule has 1 saturated carbocycles. The van der Waals surface area contributed by atoms with Gasteiger partial charge in [-0.3, -0.25) is 9.59 Å². The molecular weight excluding hydrogens is 316 g/mol. The van der Waals surface area contributed by atoms with Crippen LogP contribution in [0.15, 0.2) is 54.6 Å². The van der Waals surface area contributed by atoms with Gasteiger partial charge in [-0.2, -0.15) is 0 Å². The quantitative estimate of drug-likeness (QED) is 0.726. The lowest BCUT2D eigenvalue weighted by atomic mass is 10.0. The third-order valence-electron chi connectivity index (χ3n) is 4.29. The van der Waals surface area contributed by atoms with Gasteiger partial charge >= 0.3 is 0 Å². The number of carbonyl (C=O) groups is 2. The van der Waals surface area contributed by atoms with Gasteiger partial charge in [0.15, 0.2) is 0 Å². The zero-order valence-electron chi connectivity index (χ0n) is 13.9. The van der Waals surface area contributed by atoms with Crippen molar-refractivity contribution in [3.05, 3.63) is 65.7 Å². The molecule has 0 heterocycles. The Kier molecular flexibility index (Phi) is 5.46. The predicted molar refractivity (Wildman–Crippen MR) is 96.1 cm³/mol. The number of anilines is 1. The number of aliphatic hydroxyl groups is 1. The summed E-state index contributed by atoms with van der Waals surface area (Å²) in [5.74, 6) is -0.0141. The van der Waals surface area contributed by atoms with Gasteiger partial charge in [-0.25, -0.2) is 0 Å². The Hall–Kier alpha value is -2.66. The molecule has 0 bridgehead atoms. The summed E-state index contributed by atoms with van der Waals surface area (Å²) in [6.07, 6.45) is 2.36. The Morgan fingerprint density at radius 1 is 1.04 bits per heavy atom. The number of nitrogens with one attached hydrogen (secondary N) is 2. The number of amides is 2.